The highest BCUT2D eigenvalue weighted by Gasteiger charge is 2.23. The molecule has 6 heteroatoms. The van der Waals surface area contributed by atoms with E-state index in [2.05, 4.69) is 4.72 Å². The summed E-state index contributed by atoms with van der Waals surface area (Å²) >= 11 is 0. The van der Waals surface area contributed by atoms with Crippen molar-refractivity contribution in [1.29, 1.82) is 0 Å². The maximum atomic E-state index is 12.7. The molecular weight excluding hydrogens is 360 g/mol. The number of nitrogens with one attached hydrogen (secondary N) is 1. The number of amides is 1. The largest absolute Gasteiger partial charge is 0.338 e. The highest BCUT2D eigenvalue weighted by atomic mass is 32.2. The third-order valence-electron chi connectivity index (χ3n) is 4.92. The normalized spacial score (nSPS) is 14.1. The first-order valence-electron chi connectivity index (χ1n) is 9.32. The van der Waals surface area contributed by atoms with Gasteiger partial charge < -0.3 is 4.90 Å². The fourth-order valence-electron chi connectivity index (χ4n) is 3.29. The third kappa shape index (κ3) is 4.33. The number of sulfonamides is 1. The lowest BCUT2D eigenvalue weighted by atomic mass is 9.98. The Morgan fingerprint density at radius 1 is 1.11 bits per heavy atom. The smallest absolute Gasteiger partial charge is 0.261 e. The van der Waals surface area contributed by atoms with Gasteiger partial charge in [-0.2, -0.15) is 0 Å². The minimum atomic E-state index is -3.64. The molecule has 144 valence electrons. The second kappa shape index (κ2) is 7.72. The van der Waals surface area contributed by atoms with E-state index in [1.807, 2.05) is 49.9 Å². The van der Waals surface area contributed by atoms with Gasteiger partial charge in [-0.05, 0) is 53.8 Å². The molecule has 0 saturated heterocycles. The molecule has 0 atom stereocenters. The molecule has 27 heavy (non-hydrogen) atoms. The molecule has 2 aromatic carbocycles. The van der Waals surface area contributed by atoms with Crippen molar-refractivity contribution in [2.75, 3.05) is 11.3 Å². The summed E-state index contributed by atoms with van der Waals surface area (Å²) in [6.45, 7) is 7.05. The summed E-state index contributed by atoms with van der Waals surface area (Å²) in [5.74, 6) is 0.0852. The molecule has 0 bridgehead atoms. The van der Waals surface area contributed by atoms with Crippen LogP contribution in [0.25, 0.3) is 0 Å². The van der Waals surface area contributed by atoms with Crippen LogP contribution in [0, 0.1) is 5.92 Å². The van der Waals surface area contributed by atoms with Gasteiger partial charge >= 0.3 is 0 Å². The fourth-order valence-corrected chi connectivity index (χ4v) is 4.34. The van der Waals surface area contributed by atoms with Crippen molar-refractivity contribution in [1.82, 2.24) is 4.90 Å². The van der Waals surface area contributed by atoms with Gasteiger partial charge in [-0.1, -0.05) is 39.0 Å². The lowest BCUT2D eigenvalue weighted by molar-refractivity contribution is -0.135. The van der Waals surface area contributed by atoms with Crippen LogP contribution in [-0.4, -0.2) is 25.8 Å². The minimum Gasteiger partial charge on any atom is -0.338 e. The lowest BCUT2D eigenvalue weighted by Gasteiger charge is -2.30. The average Bonchev–Trinajstić information content (AvgIpc) is 2.66. The highest BCUT2D eigenvalue weighted by molar-refractivity contribution is 7.92. The summed E-state index contributed by atoms with van der Waals surface area (Å²) in [6, 6.07) is 12.5. The monoisotopic (exact) mass is 386 g/mol. The van der Waals surface area contributed by atoms with Crippen LogP contribution in [0.1, 0.15) is 37.5 Å². The van der Waals surface area contributed by atoms with Crippen molar-refractivity contribution >= 4 is 21.6 Å². The molecular formula is C21H26N2O3S. The van der Waals surface area contributed by atoms with Crippen LogP contribution in [0.5, 0.6) is 0 Å². The molecule has 1 heterocycles. The number of carbonyl (C=O) groups is 1. The zero-order valence-electron chi connectivity index (χ0n) is 16.0. The Bertz CT molecular complexity index is 934. The molecule has 0 saturated carbocycles. The maximum absolute atomic E-state index is 12.7. The number of rotatable bonds is 5. The number of aryl methyl sites for hydroxylation is 1. The topological polar surface area (TPSA) is 66.5 Å². The van der Waals surface area contributed by atoms with E-state index >= 15 is 0 Å². The number of fused-ring (bicyclic) bond motifs is 1. The summed E-state index contributed by atoms with van der Waals surface area (Å²) in [5, 5.41) is 0. The number of anilines is 1. The molecule has 2 aromatic rings. The summed E-state index contributed by atoms with van der Waals surface area (Å²) < 4.78 is 28.0. The predicted octanol–water partition coefficient (Wildman–Crippen LogP) is 3.59. The Morgan fingerprint density at radius 3 is 2.44 bits per heavy atom. The van der Waals surface area contributed by atoms with Crippen LogP contribution in [0.15, 0.2) is 47.4 Å². The van der Waals surface area contributed by atoms with E-state index in [0.29, 0.717) is 18.8 Å². The summed E-state index contributed by atoms with van der Waals surface area (Å²) in [4.78, 5) is 14.4. The van der Waals surface area contributed by atoms with Crippen LogP contribution in [-0.2, 0) is 34.2 Å². The standard InChI is InChI=1S/C21H26N2O3S/c1-4-16-5-9-20(10-6-16)27(25,26)22-19-8-7-17-11-12-23(14-18(17)13-19)21(24)15(2)3/h5-10,13,15,22H,4,11-12,14H2,1-3H3. The van der Waals surface area contributed by atoms with E-state index in [1.165, 1.54) is 0 Å². The van der Waals surface area contributed by atoms with Crippen molar-refractivity contribution in [3.63, 3.8) is 0 Å². The van der Waals surface area contributed by atoms with Crippen molar-refractivity contribution in [2.24, 2.45) is 5.92 Å². The second-order valence-corrected chi connectivity index (χ2v) is 8.93. The molecule has 3 rings (SSSR count). The first-order chi connectivity index (χ1) is 12.8. The molecule has 0 aromatic heterocycles. The summed E-state index contributed by atoms with van der Waals surface area (Å²) in [6.07, 6.45) is 1.66. The van der Waals surface area contributed by atoms with Gasteiger partial charge in [-0.15, -0.1) is 0 Å². The molecule has 1 amide bonds. The van der Waals surface area contributed by atoms with E-state index < -0.39 is 10.0 Å². The zero-order valence-corrected chi connectivity index (χ0v) is 16.8. The van der Waals surface area contributed by atoms with Crippen LogP contribution in [0.4, 0.5) is 5.69 Å². The number of nitrogens with zero attached hydrogens (tertiary/aromatic N) is 1. The first-order valence-corrected chi connectivity index (χ1v) is 10.8. The van der Waals surface area contributed by atoms with Gasteiger partial charge in [0.2, 0.25) is 5.91 Å². The quantitative estimate of drug-likeness (QED) is 0.854. The second-order valence-electron chi connectivity index (χ2n) is 7.25. The van der Waals surface area contributed by atoms with Crippen molar-refractivity contribution in [2.45, 2.75) is 45.1 Å². The summed E-state index contributed by atoms with van der Waals surface area (Å²) in [7, 11) is -3.64. The van der Waals surface area contributed by atoms with Crippen molar-refractivity contribution in [3.05, 3.63) is 59.2 Å². The van der Waals surface area contributed by atoms with E-state index in [1.54, 1.807) is 18.2 Å². The Hall–Kier alpha value is -2.34. The molecule has 1 aliphatic heterocycles. The van der Waals surface area contributed by atoms with Gasteiger partial charge in [-0.3, -0.25) is 9.52 Å². The Labute approximate surface area is 161 Å². The Balaban J connectivity index is 1.80. The number of hydrogen-bond donors (Lipinski definition) is 1. The number of carbonyl (C=O) groups excluding carboxylic acids is 1. The molecule has 0 spiro atoms. The van der Waals surface area contributed by atoms with Gasteiger partial charge in [0.1, 0.15) is 0 Å². The molecule has 5 nitrogen and oxygen atoms in total. The summed E-state index contributed by atoms with van der Waals surface area (Å²) in [5.41, 5.74) is 3.78. The lowest BCUT2D eigenvalue weighted by Crippen LogP contribution is -2.38. The highest BCUT2D eigenvalue weighted by Crippen LogP contribution is 2.25. The third-order valence-corrected chi connectivity index (χ3v) is 6.32. The molecule has 0 fully saturated rings. The van der Waals surface area contributed by atoms with Gasteiger partial charge in [0.25, 0.3) is 10.0 Å². The minimum absolute atomic E-state index is 0.0423. The van der Waals surface area contributed by atoms with Crippen LogP contribution in [0.2, 0.25) is 0 Å². The van der Waals surface area contributed by atoms with Gasteiger partial charge in [0, 0.05) is 24.7 Å². The molecule has 1 N–H and O–H groups in total. The zero-order chi connectivity index (χ0) is 19.6. The van der Waals surface area contributed by atoms with Crippen LogP contribution < -0.4 is 4.72 Å². The molecule has 0 radical (unpaired) electrons. The SMILES string of the molecule is CCc1ccc(S(=O)(=O)Nc2ccc3c(c2)CN(C(=O)C(C)C)CC3)cc1. The molecule has 0 unspecified atom stereocenters. The van der Waals surface area contributed by atoms with Crippen molar-refractivity contribution < 1.29 is 13.2 Å². The van der Waals surface area contributed by atoms with Crippen LogP contribution in [0.3, 0.4) is 0 Å². The van der Waals surface area contributed by atoms with Crippen molar-refractivity contribution in [3.8, 4) is 0 Å². The number of benzene rings is 2. The number of hydrogen-bond acceptors (Lipinski definition) is 3. The van der Waals surface area contributed by atoms with Gasteiger partial charge in [0.15, 0.2) is 0 Å². The van der Waals surface area contributed by atoms with E-state index in [9.17, 15) is 13.2 Å². The van der Waals surface area contributed by atoms with E-state index in [-0.39, 0.29) is 16.7 Å². The van der Waals surface area contributed by atoms with Gasteiger partial charge in [-0.25, -0.2) is 8.42 Å². The van der Waals surface area contributed by atoms with E-state index in [0.717, 1.165) is 29.5 Å². The maximum Gasteiger partial charge on any atom is 0.261 e. The average molecular weight is 387 g/mol. The Kier molecular flexibility index (Phi) is 5.56. The van der Waals surface area contributed by atoms with Gasteiger partial charge in [0.05, 0.1) is 4.90 Å². The van der Waals surface area contributed by atoms with Crippen LogP contribution >= 0.6 is 0 Å². The van der Waals surface area contributed by atoms with E-state index in [4.69, 9.17) is 0 Å². The Morgan fingerprint density at radius 2 is 1.81 bits per heavy atom. The first kappa shape index (κ1) is 19.4. The molecule has 1 aliphatic rings. The molecule has 0 aliphatic carbocycles. The fraction of sp³-hybridized carbons (Fsp3) is 0.381. The predicted molar refractivity (Wildman–Crippen MR) is 107 cm³/mol.